The van der Waals surface area contributed by atoms with Crippen molar-refractivity contribution in [2.24, 2.45) is 5.92 Å². The minimum atomic E-state index is -1.05. The van der Waals surface area contributed by atoms with Gasteiger partial charge in [0.15, 0.2) is 0 Å². The number of amides is 3. The van der Waals surface area contributed by atoms with Crippen LogP contribution in [0.15, 0.2) is 36.4 Å². The SMILES string of the molecule is CCOC(=O)c1cc(Cl)c(NC(=O)C(CC(C)C)N2C(=O)c3ccccc3C2=O)cc1OC. The summed E-state index contributed by atoms with van der Waals surface area (Å²) in [5.74, 6) is -2.05. The van der Waals surface area contributed by atoms with Crippen LogP contribution in [-0.2, 0) is 9.53 Å². The summed E-state index contributed by atoms with van der Waals surface area (Å²) in [5, 5.41) is 2.77. The zero-order valence-corrected chi connectivity index (χ0v) is 19.6. The summed E-state index contributed by atoms with van der Waals surface area (Å²) >= 11 is 6.32. The molecule has 0 aromatic heterocycles. The van der Waals surface area contributed by atoms with Crippen molar-refractivity contribution in [1.82, 2.24) is 4.90 Å². The van der Waals surface area contributed by atoms with Gasteiger partial charge in [0.1, 0.15) is 17.4 Å². The fourth-order valence-electron chi connectivity index (χ4n) is 3.67. The van der Waals surface area contributed by atoms with Crippen LogP contribution in [0.1, 0.15) is 58.3 Å². The van der Waals surface area contributed by atoms with Gasteiger partial charge in [-0.05, 0) is 37.5 Å². The lowest BCUT2D eigenvalue weighted by molar-refractivity contribution is -0.120. The number of anilines is 1. The number of nitrogens with one attached hydrogen (secondary N) is 1. The van der Waals surface area contributed by atoms with E-state index in [4.69, 9.17) is 21.1 Å². The highest BCUT2D eigenvalue weighted by Gasteiger charge is 2.42. The van der Waals surface area contributed by atoms with Crippen molar-refractivity contribution in [1.29, 1.82) is 0 Å². The molecule has 0 bridgehead atoms. The number of ether oxygens (including phenoxy) is 2. The number of imide groups is 1. The molecule has 0 fully saturated rings. The van der Waals surface area contributed by atoms with E-state index in [2.05, 4.69) is 5.32 Å². The minimum Gasteiger partial charge on any atom is -0.496 e. The third-order valence-corrected chi connectivity index (χ3v) is 5.49. The lowest BCUT2D eigenvalue weighted by Gasteiger charge is -2.27. The summed E-state index contributed by atoms with van der Waals surface area (Å²) in [4.78, 5) is 52.4. The second-order valence-electron chi connectivity index (χ2n) is 7.91. The molecule has 1 aliphatic rings. The quantitative estimate of drug-likeness (QED) is 0.457. The lowest BCUT2D eigenvalue weighted by atomic mass is 10.0. The van der Waals surface area contributed by atoms with E-state index in [9.17, 15) is 19.2 Å². The van der Waals surface area contributed by atoms with Crippen molar-refractivity contribution in [2.75, 3.05) is 19.0 Å². The molecule has 8 nitrogen and oxygen atoms in total. The van der Waals surface area contributed by atoms with Gasteiger partial charge >= 0.3 is 5.97 Å². The Bertz CT molecular complexity index is 1080. The Hall–Kier alpha value is -3.39. The number of benzene rings is 2. The molecule has 3 amide bonds. The normalized spacial score (nSPS) is 13.7. The summed E-state index contributed by atoms with van der Waals surface area (Å²) in [6, 6.07) is 8.16. The largest absolute Gasteiger partial charge is 0.496 e. The Morgan fingerprint density at radius 1 is 1.09 bits per heavy atom. The van der Waals surface area contributed by atoms with E-state index < -0.39 is 29.7 Å². The van der Waals surface area contributed by atoms with Gasteiger partial charge in [-0.1, -0.05) is 37.6 Å². The van der Waals surface area contributed by atoms with E-state index >= 15 is 0 Å². The maximum Gasteiger partial charge on any atom is 0.341 e. The molecule has 0 saturated heterocycles. The molecule has 9 heteroatoms. The van der Waals surface area contributed by atoms with Crippen molar-refractivity contribution in [2.45, 2.75) is 33.2 Å². The van der Waals surface area contributed by atoms with Crippen LogP contribution >= 0.6 is 11.6 Å². The van der Waals surface area contributed by atoms with Crippen LogP contribution in [0.2, 0.25) is 5.02 Å². The van der Waals surface area contributed by atoms with Crippen molar-refractivity contribution in [3.63, 3.8) is 0 Å². The van der Waals surface area contributed by atoms with Gasteiger partial charge in [-0.3, -0.25) is 19.3 Å². The van der Waals surface area contributed by atoms with E-state index in [1.807, 2.05) is 13.8 Å². The standard InChI is InChI=1S/C24H25ClN2O6/c1-5-33-24(31)16-11-17(25)18(12-20(16)32-4)26-21(28)19(10-13(2)3)27-22(29)14-8-6-7-9-15(14)23(27)30/h6-9,11-13,19H,5,10H2,1-4H3,(H,26,28). The Kier molecular flexibility index (Phi) is 7.38. The van der Waals surface area contributed by atoms with Gasteiger partial charge in [0.25, 0.3) is 11.8 Å². The fourth-order valence-corrected chi connectivity index (χ4v) is 3.88. The average molecular weight is 473 g/mol. The molecule has 0 saturated carbocycles. The number of nitrogens with zero attached hydrogens (tertiary/aromatic N) is 1. The summed E-state index contributed by atoms with van der Waals surface area (Å²) in [6.07, 6.45) is 0.257. The van der Waals surface area contributed by atoms with Crippen LogP contribution in [0.25, 0.3) is 0 Å². The highest BCUT2D eigenvalue weighted by Crippen LogP contribution is 2.33. The Balaban J connectivity index is 1.93. The maximum absolute atomic E-state index is 13.3. The molecule has 0 radical (unpaired) electrons. The molecule has 3 rings (SSSR count). The highest BCUT2D eigenvalue weighted by atomic mass is 35.5. The fraction of sp³-hybridized carbons (Fsp3) is 0.333. The van der Waals surface area contributed by atoms with Gasteiger partial charge < -0.3 is 14.8 Å². The third-order valence-electron chi connectivity index (χ3n) is 5.18. The van der Waals surface area contributed by atoms with Gasteiger partial charge in [0.2, 0.25) is 5.91 Å². The first-order valence-electron chi connectivity index (χ1n) is 10.5. The van der Waals surface area contributed by atoms with Crippen LogP contribution in [0.5, 0.6) is 5.75 Å². The highest BCUT2D eigenvalue weighted by molar-refractivity contribution is 6.34. The van der Waals surface area contributed by atoms with Gasteiger partial charge in [-0.2, -0.15) is 0 Å². The molecule has 1 N–H and O–H groups in total. The zero-order chi connectivity index (χ0) is 24.3. The summed E-state index contributed by atoms with van der Waals surface area (Å²) in [6.45, 7) is 5.63. The Morgan fingerprint density at radius 2 is 1.70 bits per heavy atom. The van der Waals surface area contributed by atoms with Crippen molar-refractivity contribution < 1.29 is 28.7 Å². The van der Waals surface area contributed by atoms with E-state index in [0.29, 0.717) is 0 Å². The number of esters is 1. The zero-order valence-electron chi connectivity index (χ0n) is 18.8. The molecule has 1 unspecified atom stereocenters. The first-order valence-corrected chi connectivity index (χ1v) is 10.9. The van der Waals surface area contributed by atoms with Gasteiger partial charge in [-0.15, -0.1) is 0 Å². The topological polar surface area (TPSA) is 102 Å². The summed E-state index contributed by atoms with van der Waals surface area (Å²) in [7, 11) is 1.37. The molecular weight excluding hydrogens is 448 g/mol. The Morgan fingerprint density at radius 3 is 2.21 bits per heavy atom. The number of hydrogen-bond acceptors (Lipinski definition) is 6. The number of rotatable bonds is 8. The molecule has 2 aromatic carbocycles. The molecule has 174 valence electrons. The smallest absolute Gasteiger partial charge is 0.341 e. The molecule has 0 aliphatic carbocycles. The molecule has 0 spiro atoms. The Labute approximate surface area is 196 Å². The number of methoxy groups -OCH3 is 1. The molecular formula is C24H25ClN2O6. The number of carbonyl (C=O) groups is 4. The van der Waals surface area contributed by atoms with Gasteiger partial charge in [-0.25, -0.2) is 4.79 Å². The minimum absolute atomic E-state index is 0.0151. The third kappa shape index (κ3) is 4.85. The number of fused-ring (bicyclic) bond motifs is 1. The van der Waals surface area contributed by atoms with Crippen LogP contribution in [0, 0.1) is 5.92 Å². The first kappa shape index (κ1) is 24.3. The van der Waals surface area contributed by atoms with Gasteiger partial charge in [0.05, 0.1) is 35.6 Å². The first-order chi connectivity index (χ1) is 15.7. The van der Waals surface area contributed by atoms with Crippen LogP contribution in [0.3, 0.4) is 0 Å². The van der Waals surface area contributed by atoms with E-state index in [1.54, 1.807) is 31.2 Å². The van der Waals surface area contributed by atoms with E-state index in [0.717, 1.165) is 4.90 Å². The molecule has 33 heavy (non-hydrogen) atoms. The van der Waals surface area contributed by atoms with Gasteiger partial charge in [0, 0.05) is 6.07 Å². The second kappa shape index (κ2) is 10.0. The van der Waals surface area contributed by atoms with Crippen LogP contribution in [0.4, 0.5) is 5.69 Å². The lowest BCUT2D eigenvalue weighted by Crippen LogP contribution is -2.48. The average Bonchev–Trinajstić information content (AvgIpc) is 3.03. The molecule has 1 atom stereocenters. The van der Waals surface area contributed by atoms with Crippen molar-refractivity contribution >= 4 is 41.0 Å². The van der Waals surface area contributed by atoms with E-state index in [1.165, 1.54) is 19.2 Å². The van der Waals surface area contributed by atoms with E-state index in [-0.39, 0.29) is 52.1 Å². The van der Waals surface area contributed by atoms with Crippen LogP contribution in [-0.4, -0.2) is 48.3 Å². The predicted octanol–water partition coefficient (Wildman–Crippen LogP) is 4.17. The predicted molar refractivity (Wildman–Crippen MR) is 123 cm³/mol. The molecule has 1 aliphatic heterocycles. The molecule has 2 aromatic rings. The van der Waals surface area contributed by atoms with Crippen molar-refractivity contribution in [3.8, 4) is 5.75 Å². The second-order valence-corrected chi connectivity index (χ2v) is 8.32. The monoisotopic (exact) mass is 472 g/mol. The number of halogens is 1. The van der Waals surface area contributed by atoms with Crippen molar-refractivity contribution in [3.05, 3.63) is 58.1 Å². The number of carbonyl (C=O) groups excluding carboxylic acids is 4. The summed E-state index contributed by atoms with van der Waals surface area (Å²) in [5.41, 5.74) is 0.823. The number of hydrogen-bond donors (Lipinski definition) is 1. The summed E-state index contributed by atoms with van der Waals surface area (Å²) < 4.78 is 10.3. The molecule has 1 heterocycles. The maximum atomic E-state index is 13.3. The van der Waals surface area contributed by atoms with Crippen LogP contribution < -0.4 is 10.1 Å².